The van der Waals surface area contributed by atoms with E-state index in [0.717, 1.165) is 24.0 Å². The fraction of sp³-hybridized carbons (Fsp3) is 0.267. The average molecular weight is 516 g/mol. The minimum Gasteiger partial charge on any atom is -0.493 e. The number of para-hydroxylation sites is 2. The third-order valence-corrected chi connectivity index (χ3v) is 6.57. The van der Waals surface area contributed by atoms with Gasteiger partial charge < -0.3 is 19.1 Å². The van der Waals surface area contributed by atoms with Crippen LogP contribution in [0.15, 0.2) is 78.9 Å². The molecule has 5 rings (SSSR count). The van der Waals surface area contributed by atoms with Crippen molar-refractivity contribution in [3.63, 3.8) is 0 Å². The van der Waals surface area contributed by atoms with Gasteiger partial charge >= 0.3 is 0 Å². The van der Waals surface area contributed by atoms with Crippen molar-refractivity contribution in [3.8, 4) is 28.6 Å². The number of ether oxygens (including phenoxy) is 3. The lowest BCUT2D eigenvalue weighted by molar-refractivity contribution is 0.0506. The second-order valence-electron chi connectivity index (χ2n) is 9.21. The number of halogens is 1. The Morgan fingerprint density at radius 3 is 2.55 bits per heavy atom. The summed E-state index contributed by atoms with van der Waals surface area (Å²) < 4.78 is 33.5. The fourth-order valence-corrected chi connectivity index (χ4v) is 4.71. The molecule has 3 aromatic carbocycles. The van der Waals surface area contributed by atoms with E-state index in [4.69, 9.17) is 19.3 Å². The number of aromatic nitrogens is 2. The molecule has 2 heterocycles. The zero-order chi connectivity index (χ0) is 26.5. The number of carbonyl (C=O) groups is 1. The highest BCUT2D eigenvalue weighted by molar-refractivity contribution is 5.94. The molecule has 0 spiro atoms. The second kappa shape index (κ2) is 11.5. The van der Waals surface area contributed by atoms with E-state index >= 15 is 0 Å². The molecule has 1 atom stereocenters. The maximum Gasteiger partial charge on any atom is 0.254 e. The van der Waals surface area contributed by atoms with E-state index in [1.165, 1.54) is 12.1 Å². The number of hydrogen-bond acceptors (Lipinski definition) is 5. The Morgan fingerprint density at radius 1 is 1.08 bits per heavy atom. The highest BCUT2D eigenvalue weighted by atomic mass is 19.1. The van der Waals surface area contributed by atoms with Crippen LogP contribution in [0, 0.1) is 5.82 Å². The summed E-state index contributed by atoms with van der Waals surface area (Å²) >= 11 is 0. The Balaban J connectivity index is 1.58. The molecule has 0 aliphatic carbocycles. The molecular formula is C30H30FN3O4. The van der Waals surface area contributed by atoms with Crippen LogP contribution in [0.2, 0.25) is 0 Å². The maximum atomic E-state index is 14.0. The monoisotopic (exact) mass is 515 g/mol. The zero-order valence-corrected chi connectivity index (χ0v) is 21.5. The third-order valence-electron chi connectivity index (χ3n) is 6.57. The van der Waals surface area contributed by atoms with E-state index < -0.39 is 5.82 Å². The number of benzene rings is 3. The number of amides is 1. The molecule has 7 nitrogen and oxygen atoms in total. The smallest absolute Gasteiger partial charge is 0.254 e. The summed E-state index contributed by atoms with van der Waals surface area (Å²) in [4.78, 5) is 15.4. The summed E-state index contributed by atoms with van der Waals surface area (Å²) in [6, 6.07) is 22.9. The van der Waals surface area contributed by atoms with Gasteiger partial charge in [0.1, 0.15) is 11.5 Å². The normalized spacial score (nSPS) is 14.9. The Hall–Kier alpha value is -4.17. The van der Waals surface area contributed by atoms with E-state index in [9.17, 15) is 9.18 Å². The van der Waals surface area contributed by atoms with Crippen molar-refractivity contribution in [3.05, 3.63) is 95.8 Å². The quantitative estimate of drug-likeness (QED) is 0.280. The first kappa shape index (κ1) is 25.5. The van der Waals surface area contributed by atoms with Crippen LogP contribution in [0.25, 0.3) is 11.3 Å². The number of rotatable bonds is 9. The number of nitrogens with zero attached hydrogens (tertiary/aromatic N) is 3. The van der Waals surface area contributed by atoms with Gasteiger partial charge in [-0.25, -0.2) is 9.07 Å². The molecule has 38 heavy (non-hydrogen) atoms. The van der Waals surface area contributed by atoms with Crippen molar-refractivity contribution in [2.75, 3.05) is 20.3 Å². The number of carbonyl (C=O) groups excluding carboxylic acids is 1. The summed E-state index contributed by atoms with van der Waals surface area (Å²) in [5.74, 6) is 0.845. The molecule has 0 bridgehead atoms. The van der Waals surface area contributed by atoms with E-state index in [-0.39, 0.29) is 24.1 Å². The number of hydrogen-bond donors (Lipinski definition) is 0. The van der Waals surface area contributed by atoms with Crippen LogP contribution in [-0.2, 0) is 18.3 Å². The highest BCUT2D eigenvalue weighted by Crippen LogP contribution is 2.37. The minimum absolute atomic E-state index is 0.0945. The van der Waals surface area contributed by atoms with Gasteiger partial charge in [-0.3, -0.25) is 4.79 Å². The van der Waals surface area contributed by atoms with Crippen molar-refractivity contribution in [1.29, 1.82) is 0 Å². The summed E-state index contributed by atoms with van der Waals surface area (Å²) in [5.41, 5.74) is 2.60. The molecule has 4 aromatic rings. The SMILES string of the molecule is COc1ccccc1Oc1c(CN(CC2CCCO2)C(=O)c2cccc(F)c2)c(-c2ccccc2)nn1C. The Morgan fingerprint density at radius 2 is 1.84 bits per heavy atom. The van der Waals surface area contributed by atoms with Gasteiger partial charge in [0.05, 0.1) is 25.3 Å². The van der Waals surface area contributed by atoms with E-state index in [2.05, 4.69) is 0 Å². The summed E-state index contributed by atoms with van der Waals surface area (Å²) in [6.45, 7) is 1.22. The van der Waals surface area contributed by atoms with Gasteiger partial charge in [0.15, 0.2) is 11.5 Å². The van der Waals surface area contributed by atoms with Gasteiger partial charge in [0, 0.05) is 31.3 Å². The first-order chi connectivity index (χ1) is 18.5. The molecule has 1 amide bonds. The highest BCUT2D eigenvalue weighted by Gasteiger charge is 2.28. The van der Waals surface area contributed by atoms with Crippen LogP contribution in [-0.4, -0.2) is 47.0 Å². The first-order valence-corrected chi connectivity index (χ1v) is 12.6. The molecule has 0 N–H and O–H groups in total. The fourth-order valence-electron chi connectivity index (χ4n) is 4.71. The number of methoxy groups -OCH3 is 1. The van der Waals surface area contributed by atoms with E-state index in [1.807, 2.05) is 54.6 Å². The number of aryl methyl sites for hydroxylation is 1. The molecule has 0 radical (unpaired) electrons. The Bertz CT molecular complexity index is 1400. The van der Waals surface area contributed by atoms with Crippen LogP contribution >= 0.6 is 0 Å². The van der Waals surface area contributed by atoms with E-state index in [0.29, 0.717) is 36.2 Å². The predicted molar refractivity (Wildman–Crippen MR) is 142 cm³/mol. The van der Waals surface area contributed by atoms with Crippen LogP contribution in [0.4, 0.5) is 4.39 Å². The second-order valence-corrected chi connectivity index (χ2v) is 9.21. The molecule has 1 fully saturated rings. The maximum absolute atomic E-state index is 14.0. The Kier molecular flexibility index (Phi) is 7.70. The van der Waals surface area contributed by atoms with Crippen molar-refractivity contribution >= 4 is 5.91 Å². The first-order valence-electron chi connectivity index (χ1n) is 12.6. The standard InChI is InChI=1S/C30H30FN3O4/c1-33-30(38-27-16-7-6-15-26(27)36-2)25(28(32-33)21-10-4-3-5-11-21)20-34(19-24-14-9-17-37-24)29(35)22-12-8-13-23(31)18-22/h3-8,10-13,15-16,18,24H,9,14,17,19-20H2,1-2H3. The van der Waals surface area contributed by atoms with Gasteiger partial charge in [-0.05, 0) is 43.2 Å². The molecule has 1 aliphatic heterocycles. The molecule has 1 aromatic heterocycles. The molecule has 1 unspecified atom stereocenters. The zero-order valence-electron chi connectivity index (χ0n) is 21.5. The summed E-state index contributed by atoms with van der Waals surface area (Å²) in [7, 11) is 3.39. The average Bonchev–Trinajstić information content (AvgIpc) is 3.57. The van der Waals surface area contributed by atoms with Gasteiger partial charge in [-0.15, -0.1) is 0 Å². The van der Waals surface area contributed by atoms with Crippen molar-refractivity contribution < 1.29 is 23.4 Å². The Labute approximate surface area is 221 Å². The lowest BCUT2D eigenvalue weighted by atomic mass is 10.1. The van der Waals surface area contributed by atoms with Gasteiger partial charge in [0.25, 0.3) is 5.91 Å². The van der Waals surface area contributed by atoms with Crippen LogP contribution in [0.1, 0.15) is 28.8 Å². The topological polar surface area (TPSA) is 65.8 Å². The third kappa shape index (κ3) is 5.55. The van der Waals surface area contributed by atoms with Crippen LogP contribution in [0.5, 0.6) is 17.4 Å². The minimum atomic E-state index is -0.459. The molecule has 1 saturated heterocycles. The van der Waals surface area contributed by atoms with Gasteiger partial charge in [0.2, 0.25) is 5.88 Å². The molecule has 8 heteroatoms. The summed E-state index contributed by atoms with van der Waals surface area (Å²) in [5, 5.41) is 4.79. The lowest BCUT2D eigenvalue weighted by Crippen LogP contribution is -2.37. The summed E-state index contributed by atoms with van der Waals surface area (Å²) in [6.07, 6.45) is 1.70. The van der Waals surface area contributed by atoms with Crippen molar-refractivity contribution in [1.82, 2.24) is 14.7 Å². The van der Waals surface area contributed by atoms with Gasteiger partial charge in [-0.2, -0.15) is 5.10 Å². The largest absolute Gasteiger partial charge is 0.493 e. The molecule has 196 valence electrons. The van der Waals surface area contributed by atoms with Crippen LogP contribution in [0.3, 0.4) is 0 Å². The molecule has 0 saturated carbocycles. The van der Waals surface area contributed by atoms with Gasteiger partial charge in [-0.1, -0.05) is 48.5 Å². The molecular weight excluding hydrogens is 485 g/mol. The predicted octanol–water partition coefficient (Wildman–Crippen LogP) is 5.85. The van der Waals surface area contributed by atoms with Crippen molar-refractivity contribution in [2.24, 2.45) is 7.05 Å². The van der Waals surface area contributed by atoms with E-state index in [1.54, 1.807) is 35.9 Å². The molecule has 1 aliphatic rings. The lowest BCUT2D eigenvalue weighted by Gasteiger charge is -2.26. The van der Waals surface area contributed by atoms with Crippen LogP contribution < -0.4 is 9.47 Å². The van der Waals surface area contributed by atoms with Crippen molar-refractivity contribution in [2.45, 2.75) is 25.5 Å².